The molecule has 0 unspecified atom stereocenters. The number of hydrogen-bond donors (Lipinski definition) is 1. The van der Waals surface area contributed by atoms with E-state index in [4.69, 9.17) is 0 Å². The number of nitrogens with one attached hydrogen (secondary N) is 1. The fourth-order valence-corrected chi connectivity index (χ4v) is 4.36. The van der Waals surface area contributed by atoms with Crippen molar-refractivity contribution in [2.45, 2.75) is 76.8 Å². The van der Waals surface area contributed by atoms with Crippen molar-refractivity contribution in [3.8, 4) is 0 Å². The first-order valence-electron chi connectivity index (χ1n) is 8.73. The lowest BCUT2D eigenvalue weighted by molar-refractivity contribution is -0.130. The molecule has 4 heteroatoms. The van der Waals surface area contributed by atoms with Gasteiger partial charge in [-0.25, -0.2) is 0 Å². The Morgan fingerprint density at radius 3 is 2.62 bits per heavy atom. The van der Waals surface area contributed by atoms with Crippen LogP contribution in [0.25, 0.3) is 0 Å². The molecule has 0 spiro atoms. The van der Waals surface area contributed by atoms with Crippen LogP contribution in [0.4, 0.5) is 0 Å². The maximum atomic E-state index is 12.4. The number of amides is 2. The van der Waals surface area contributed by atoms with E-state index in [1.807, 2.05) is 4.90 Å². The van der Waals surface area contributed by atoms with Crippen molar-refractivity contribution in [3.05, 3.63) is 0 Å². The number of carbonyl (C=O) groups excluding carboxylic acids is 2. The Morgan fingerprint density at radius 2 is 1.90 bits per heavy atom. The average molecular weight is 292 g/mol. The SMILES string of the molecule is C[C@@H]1CCC[C@H](NC(=O)[C@@H]2CC(=O)N(C3CCCC3)C2)C1. The topological polar surface area (TPSA) is 49.4 Å². The Balaban J connectivity index is 1.52. The van der Waals surface area contributed by atoms with Crippen molar-refractivity contribution >= 4 is 11.8 Å². The fraction of sp³-hybridized carbons (Fsp3) is 0.882. The lowest BCUT2D eigenvalue weighted by Gasteiger charge is -2.28. The molecule has 2 saturated carbocycles. The Hall–Kier alpha value is -1.06. The second kappa shape index (κ2) is 6.37. The molecule has 1 aliphatic heterocycles. The Morgan fingerprint density at radius 1 is 1.14 bits per heavy atom. The Bertz CT molecular complexity index is 404. The van der Waals surface area contributed by atoms with Crippen molar-refractivity contribution in [3.63, 3.8) is 0 Å². The van der Waals surface area contributed by atoms with E-state index in [1.165, 1.54) is 25.7 Å². The first-order chi connectivity index (χ1) is 10.1. The molecule has 0 bridgehead atoms. The zero-order chi connectivity index (χ0) is 14.8. The largest absolute Gasteiger partial charge is 0.353 e. The quantitative estimate of drug-likeness (QED) is 0.868. The first-order valence-corrected chi connectivity index (χ1v) is 8.73. The van der Waals surface area contributed by atoms with E-state index in [0.717, 1.165) is 25.7 Å². The summed E-state index contributed by atoms with van der Waals surface area (Å²) in [5, 5.41) is 3.21. The molecule has 2 aliphatic carbocycles. The third kappa shape index (κ3) is 3.41. The fourth-order valence-electron chi connectivity index (χ4n) is 4.36. The molecule has 2 amide bonds. The van der Waals surface area contributed by atoms with Crippen LogP contribution < -0.4 is 5.32 Å². The van der Waals surface area contributed by atoms with Crippen LogP contribution in [-0.4, -0.2) is 35.3 Å². The smallest absolute Gasteiger partial charge is 0.225 e. The molecule has 0 aromatic carbocycles. The van der Waals surface area contributed by atoms with Gasteiger partial charge in [-0.05, 0) is 31.6 Å². The van der Waals surface area contributed by atoms with Gasteiger partial charge in [0.05, 0.1) is 5.92 Å². The van der Waals surface area contributed by atoms with Crippen LogP contribution in [0.15, 0.2) is 0 Å². The third-order valence-corrected chi connectivity index (χ3v) is 5.58. The van der Waals surface area contributed by atoms with Gasteiger partial charge in [0.1, 0.15) is 0 Å². The Kier molecular flexibility index (Phi) is 4.51. The van der Waals surface area contributed by atoms with Crippen molar-refractivity contribution in [2.24, 2.45) is 11.8 Å². The van der Waals surface area contributed by atoms with E-state index in [2.05, 4.69) is 12.2 Å². The molecular weight excluding hydrogens is 264 g/mol. The molecule has 118 valence electrons. The average Bonchev–Trinajstić information content (AvgIpc) is 3.07. The number of rotatable bonds is 3. The molecule has 0 aromatic heterocycles. The highest BCUT2D eigenvalue weighted by Gasteiger charge is 2.39. The van der Waals surface area contributed by atoms with Crippen LogP contribution in [0.2, 0.25) is 0 Å². The predicted octanol–water partition coefficient (Wildman–Crippen LogP) is 2.47. The summed E-state index contributed by atoms with van der Waals surface area (Å²) in [5.74, 6) is 0.904. The second-order valence-corrected chi connectivity index (χ2v) is 7.36. The molecule has 1 heterocycles. The van der Waals surface area contributed by atoms with E-state index in [9.17, 15) is 9.59 Å². The molecule has 1 N–H and O–H groups in total. The van der Waals surface area contributed by atoms with Gasteiger partial charge in [-0.15, -0.1) is 0 Å². The normalized spacial score (nSPS) is 34.4. The molecule has 3 fully saturated rings. The predicted molar refractivity (Wildman–Crippen MR) is 81.6 cm³/mol. The van der Waals surface area contributed by atoms with E-state index < -0.39 is 0 Å². The van der Waals surface area contributed by atoms with Crippen LogP contribution in [-0.2, 0) is 9.59 Å². The highest BCUT2D eigenvalue weighted by Crippen LogP contribution is 2.30. The third-order valence-electron chi connectivity index (χ3n) is 5.58. The zero-order valence-electron chi connectivity index (χ0n) is 13.1. The van der Waals surface area contributed by atoms with Crippen molar-refractivity contribution in [1.29, 1.82) is 0 Å². The van der Waals surface area contributed by atoms with E-state index >= 15 is 0 Å². The maximum absolute atomic E-state index is 12.4. The maximum Gasteiger partial charge on any atom is 0.225 e. The van der Waals surface area contributed by atoms with Gasteiger partial charge in [0, 0.05) is 25.0 Å². The second-order valence-electron chi connectivity index (χ2n) is 7.36. The first kappa shape index (κ1) is 14.9. The molecule has 0 radical (unpaired) electrons. The van der Waals surface area contributed by atoms with Gasteiger partial charge >= 0.3 is 0 Å². The summed E-state index contributed by atoms with van der Waals surface area (Å²) < 4.78 is 0. The lowest BCUT2D eigenvalue weighted by Crippen LogP contribution is -2.42. The summed E-state index contributed by atoms with van der Waals surface area (Å²) in [4.78, 5) is 26.6. The molecule has 1 saturated heterocycles. The van der Waals surface area contributed by atoms with Gasteiger partial charge in [-0.3, -0.25) is 9.59 Å². The van der Waals surface area contributed by atoms with Gasteiger partial charge in [0.15, 0.2) is 0 Å². The summed E-state index contributed by atoms with van der Waals surface area (Å²) in [7, 11) is 0. The van der Waals surface area contributed by atoms with Crippen LogP contribution in [0.3, 0.4) is 0 Å². The van der Waals surface area contributed by atoms with Gasteiger partial charge < -0.3 is 10.2 Å². The summed E-state index contributed by atoms with van der Waals surface area (Å²) >= 11 is 0. The van der Waals surface area contributed by atoms with Gasteiger partial charge in [0.25, 0.3) is 0 Å². The molecule has 3 atom stereocenters. The van der Waals surface area contributed by atoms with Crippen LogP contribution in [0, 0.1) is 11.8 Å². The molecular formula is C17H28N2O2. The Labute approximate surface area is 127 Å². The minimum atomic E-state index is -0.115. The summed E-state index contributed by atoms with van der Waals surface area (Å²) in [6, 6.07) is 0.738. The summed E-state index contributed by atoms with van der Waals surface area (Å²) in [5.41, 5.74) is 0. The molecule has 3 rings (SSSR count). The zero-order valence-corrected chi connectivity index (χ0v) is 13.1. The molecule has 3 aliphatic rings. The van der Waals surface area contributed by atoms with Crippen LogP contribution >= 0.6 is 0 Å². The van der Waals surface area contributed by atoms with E-state index in [1.54, 1.807) is 0 Å². The van der Waals surface area contributed by atoms with Crippen molar-refractivity contribution < 1.29 is 9.59 Å². The van der Waals surface area contributed by atoms with E-state index in [-0.39, 0.29) is 17.7 Å². The summed E-state index contributed by atoms with van der Waals surface area (Å²) in [6.07, 6.45) is 9.82. The van der Waals surface area contributed by atoms with Gasteiger partial charge in [-0.1, -0.05) is 32.6 Å². The molecule has 4 nitrogen and oxygen atoms in total. The van der Waals surface area contributed by atoms with Crippen LogP contribution in [0.1, 0.15) is 64.7 Å². The monoisotopic (exact) mass is 292 g/mol. The van der Waals surface area contributed by atoms with E-state index in [0.29, 0.717) is 31.0 Å². The van der Waals surface area contributed by atoms with Crippen molar-refractivity contribution in [1.82, 2.24) is 10.2 Å². The molecule has 0 aromatic rings. The van der Waals surface area contributed by atoms with Crippen molar-refractivity contribution in [2.75, 3.05) is 6.54 Å². The highest BCUT2D eigenvalue weighted by atomic mass is 16.2. The minimum absolute atomic E-state index is 0.114. The molecule has 21 heavy (non-hydrogen) atoms. The van der Waals surface area contributed by atoms with Gasteiger partial charge in [-0.2, -0.15) is 0 Å². The number of nitrogens with zero attached hydrogens (tertiary/aromatic N) is 1. The number of likely N-dealkylation sites (tertiary alicyclic amines) is 1. The standard InChI is InChI=1S/C17H28N2O2/c1-12-5-4-6-14(9-12)18-17(21)13-10-16(20)19(11-13)15-7-2-3-8-15/h12-15H,2-11H2,1H3,(H,18,21)/t12-,13-,14+/m1/s1. The van der Waals surface area contributed by atoms with Crippen LogP contribution in [0.5, 0.6) is 0 Å². The summed E-state index contributed by atoms with van der Waals surface area (Å²) in [6.45, 7) is 2.91. The number of hydrogen-bond acceptors (Lipinski definition) is 2. The number of carbonyl (C=O) groups is 2. The van der Waals surface area contributed by atoms with Gasteiger partial charge in [0.2, 0.25) is 11.8 Å². The minimum Gasteiger partial charge on any atom is -0.353 e. The highest BCUT2D eigenvalue weighted by molar-refractivity contribution is 5.89. The lowest BCUT2D eigenvalue weighted by atomic mass is 9.87.